The maximum atomic E-state index is 12.1. The molecule has 2 rings (SSSR count). The van der Waals surface area contributed by atoms with Crippen molar-refractivity contribution in [3.05, 3.63) is 0 Å². The minimum absolute atomic E-state index is 0.0807. The third-order valence-corrected chi connectivity index (χ3v) is 4.50. The summed E-state index contributed by atoms with van der Waals surface area (Å²) in [5.74, 6) is 0.283. The Labute approximate surface area is 100 Å². The van der Waals surface area contributed by atoms with Crippen molar-refractivity contribution in [1.82, 2.24) is 4.90 Å². The first-order valence-corrected chi connectivity index (χ1v) is 6.41. The Morgan fingerprint density at radius 3 is 2.24 bits per heavy atom. The fraction of sp³-hybridized carbons (Fsp3) is 1.00. The van der Waals surface area contributed by atoms with Crippen molar-refractivity contribution in [3.63, 3.8) is 0 Å². The molecule has 0 aliphatic carbocycles. The second-order valence-electron chi connectivity index (χ2n) is 5.60. The third kappa shape index (κ3) is 3.13. The Bertz CT molecular complexity index is 253. The molecular formula is C12H21F3N2. The smallest absolute Gasteiger partial charge is 0.327 e. The standard InChI is InChI=1S/C12H21F3N2/c1-17-9-2-3-10(17)7-8(6-9)11(16)4-5-12(13,14)15/h8-11H,2-7,16H2,1H3. The summed E-state index contributed by atoms with van der Waals surface area (Å²) in [6.07, 6.45) is -0.402. The van der Waals surface area contributed by atoms with Crippen molar-refractivity contribution in [3.8, 4) is 0 Å². The van der Waals surface area contributed by atoms with E-state index in [-0.39, 0.29) is 18.4 Å². The molecule has 2 heterocycles. The third-order valence-electron chi connectivity index (χ3n) is 4.50. The van der Waals surface area contributed by atoms with Crippen molar-refractivity contribution in [2.45, 2.75) is 62.8 Å². The highest BCUT2D eigenvalue weighted by molar-refractivity contribution is 4.96. The number of nitrogens with zero attached hydrogens (tertiary/aromatic N) is 1. The average molecular weight is 250 g/mol. The topological polar surface area (TPSA) is 29.3 Å². The summed E-state index contributed by atoms with van der Waals surface area (Å²) < 4.78 is 36.4. The molecule has 0 saturated carbocycles. The molecule has 2 aliphatic rings. The molecule has 0 aromatic heterocycles. The van der Waals surface area contributed by atoms with Gasteiger partial charge >= 0.3 is 6.18 Å². The number of fused-ring (bicyclic) bond motifs is 2. The molecule has 0 aromatic carbocycles. The summed E-state index contributed by atoms with van der Waals surface area (Å²) >= 11 is 0. The molecule has 3 unspecified atom stereocenters. The fourth-order valence-corrected chi connectivity index (χ4v) is 3.37. The Hall–Kier alpha value is -0.290. The zero-order chi connectivity index (χ0) is 12.6. The lowest BCUT2D eigenvalue weighted by Crippen LogP contribution is -2.45. The van der Waals surface area contributed by atoms with Crippen LogP contribution in [0, 0.1) is 5.92 Å². The molecule has 2 bridgehead atoms. The number of alkyl halides is 3. The fourth-order valence-electron chi connectivity index (χ4n) is 3.37. The van der Waals surface area contributed by atoms with Crippen molar-refractivity contribution >= 4 is 0 Å². The Morgan fingerprint density at radius 2 is 1.76 bits per heavy atom. The maximum Gasteiger partial charge on any atom is 0.389 e. The van der Waals surface area contributed by atoms with Crippen LogP contribution in [0.4, 0.5) is 13.2 Å². The molecule has 2 fully saturated rings. The number of piperidine rings is 1. The van der Waals surface area contributed by atoms with Gasteiger partial charge in [-0.2, -0.15) is 13.2 Å². The van der Waals surface area contributed by atoms with Gasteiger partial charge in [0.2, 0.25) is 0 Å². The minimum atomic E-state index is -4.07. The SMILES string of the molecule is CN1C2CCC1CC(C(N)CCC(F)(F)F)C2. The molecule has 100 valence electrons. The second-order valence-corrected chi connectivity index (χ2v) is 5.60. The summed E-state index contributed by atoms with van der Waals surface area (Å²) in [5, 5.41) is 0. The van der Waals surface area contributed by atoms with Gasteiger partial charge in [0.1, 0.15) is 0 Å². The first-order valence-electron chi connectivity index (χ1n) is 6.41. The number of hydrogen-bond acceptors (Lipinski definition) is 2. The van der Waals surface area contributed by atoms with Crippen molar-refractivity contribution in [1.29, 1.82) is 0 Å². The first-order chi connectivity index (χ1) is 7.87. The average Bonchev–Trinajstić information content (AvgIpc) is 2.50. The Kier molecular flexibility index (Phi) is 3.69. The normalized spacial score (nSPS) is 36.2. The van der Waals surface area contributed by atoms with Crippen LogP contribution >= 0.6 is 0 Å². The number of halogens is 3. The molecular weight excluding hydrogens is 229 g/mol. The van der Waals surface area contributed by atoms with Gasteiger partial charge in [0.05, 0.1) is 0 Å². The van der Waals surface area contributed by atoms with Crippen molar-refractivity contribution in [2.75, 3.05) is 7.05 Å². The van der Waals surface area contributed by atoms with Crippen LogP contribution in [0.5, 0.6) is 0 Å². The molecule has 0 aromatic rings. The quantitative estimate of drug-likeness (QED) is 0.834. The molecule has 5 heteroatoms. The zero-order valence-corrected chi connectivity index (χ0v) is 10.2. The number of nitrogens with two attached hydrogens (primary N) is 1. The molecule has 0 spiro atoms. The van der Waals surface area contributed by atoms with Crippen molar-refractivity contribution in [2.24, 2.45) is 11.7 Å². The molecule has 17 heavy (non-hydrogen) atoms. The zero-order valence-electron chi connectivity index (χ0n) is 10.2. The van der Waals surface area contributed by atoms with E-state index in [0.717, 1.165) is 12.8 Å². The molecule has 0 amide bonds. The van der Waals surface area contributed by atoms with E-state index in [1.165, 1.54) is 12.8 Å². The van der Waals surface area contributed by atoms with Gasteiger partial charge in [-0.15, -0.1) is 0 Å². The van der Waals surface area contributed by atoms with Crippen LogP contribution in [0.3, 0.4) is 0 Å². The summed E-state index contributed by atoms with van der Waals surface area (Å²) in [7, 11) is 2.12. The lowest BCUT2D eigenvalue weighted by atomic mass is 9.84. The van der Waals surface area contributed by atoms with Crippen LogP contribution in [0.15, 0.2) is 0 Å². The predicted molar refractivity (Wildman–Crippen MR) is 60.6 cm³/mol. The van der Waals surface area contributed by atoms with Crippen molar-refractivity contribution < 1.29 is 13.2 Å². The van der Waals surface area contributed by atoms with Crippen LogP contribution in [0.1, 0.15) is 38.5 Å². The van der Waals surface area contributed by atoms with E-state index in [1.807, 2.05) is 0 Å². The molecule has 2 aliphatic heterocycles. The minimum Gasteiger partial charge on any atom is -0.327 e. The highest BCUT2D eigenvalue weighted by Crippen LogP contribution is 2.39. The van der Waals surface area contributed by atoms with E-state index in [2.05, 4.69) is 11.9 Å². The summed E-state index contributed by atoms with van der Waals surface area (Å²) in [5.41, 5.74) is 5.93. The monoisotopic (exact) mass is 250 g/mol. The van der Waals surface area contributed by atoms with Gasteiger partial charge in [-0.25, -0.2) is 0 Å². The molecule has 0 radical (unpaired) electrons. The lowest BCUT2D eigenvalue weighted by Gasteiger charge is -2.38. The van der Waals surface area contributed by atoms with Gasteiger partial charge < -0.3 is 10.6 Å². The first kappa shape index (κ1) is 13.1. The largest absolute Gasteiger partial charge is 0.389 e. The lowest BCUT2D eigenvalue weighted by molar-refractivity contribution is -0.137. The summed E-state index contributed by atoms with van der Waals surface area (Å²) in [6.45, 7) is 0. The van der Waals surface area contributed by atoms with Crippen LogP contribution in [0.2, 0.25) is 0 Å². The molecule has 3 atom stereocenters. The van der Waals surface area contributed by atoms with Gasteiger partial charge in [0.15, 0.2) is 0 Å². The highest BCUT2D eigenvalue weighted by Gasteiger charge is 2.40. The van der Waals surface area contributed by atoms with E-state index in [4.69, 9.17) is 5.73 Å². The van der Waals surface area contributed by atoms with Crippen LogP contribution in [-0.2, 0) is 0 Å². The van der Waals surface area contributed by atoms with E-state index < -0.39 is 12.6 Å². The summed E-state index contributed by atoms with van der Waals surface area (Å²) in [4.78, 5) is 2.38. The highest BCUT2D eigenvalue weighted by atomic mass is 19.4. The van der Waals surface area contributed by atoms with E-state index in [9.17, 15) is 13.2 Å². The Balaban J connectivity index is 1.83. The van der Waals surface area contributed by atoms with Crippen LogP contribution in [-0.4, -0.2) is 36.2 Å². The second kappa shape index (κ2) is 4.76. The van der Waals surface area contributed by atoms with E-state index in [0.29, 0.717) is 12.1 Å². The molecule has 2 N–H and O–H groups in total. The molecule has 2 nitrogen and oxygen atoms in total. The number of rotatable bonds is 3. The van der Waals surface area contributed by atoms with Crippen LogP contribution in [0.25, 0.3) is 0 Å². The molecule has 2 saturated heterocycles. The summed E-state index contributed by atoms with van der Waals surface area (Å²) in [6, 6.07) is 0.819. The van der Waals surface area contributed by atoms with Gasteiger partial charge in [0, 0.05) is 24.5 Å². The Morgan fingerprint density at radius 1 is 1.24 bits per heavy atom. The van der Waals surface area contributed by atoms with Gasteiger partial charge in [0.25, 0.3) is 0 Å². The predicted octanol–water partition coefficient (Wildman–Crippen LogP) is 2.53. The van der Waals surface area contributed by atoms with Gasteiger partial charge in [-0.3, -0.25) is 0 Å². The maximum absolute atomic E-state index is 12.1. The van der Waals surface area contributed by atoms with Crippen LogP contribution < -0.4 is 5.73 Å². The van der Waals surface area contributed by atoms with Gasteiger partial charge in [-0.1, -0.05) is 0 Å². The number of hydrogen-bond donors (Lipinski definition) is 1. The van der Waals surface area contributed by atoms with E-state index in [1.54, 1.807) is 0 Å². The van der Waals surface area contributed by atoms with E-state index >= 15 is 0 Å². The van der Waals surface area contributed by atoms with Gasteiger partial charge in [-0.05, 0) is 45.1 Å².